The quantitative estimate of drug-likeness (QED) is 0.669. The van der Waals surface area contributed by atoms with E-state index in [1.165, 1.54) is 25.7 Å². The maximum absolute atomic E-state index is 5.91. The van der Waals surface area contributed by atoms with E-state index in [0.717, 1.165) is 44.2 Å². The van der Waals surface area contributed by atoms with Crippen molar-refractivity contribution in [3.8, 4) is 5.75 Å². The van der Waals surface area contributed by atoms with Gasteiger partial charge in [-0.15, -0.1) is 0 Å². The fourth-order valence-electron chi connectivity index (χ4n) is 3.52. The third-order valence-corrected chi connectivity index (χ3v) is 4.61. The van der Waals surface area contributed by atoms with E-state index in [4.69, 9.17) is 15.2 Å². The second-order valence-corrected chi connectivity index (χ2v) is 6.04. The monoisotopic (exact) mass is 290 g/mol. The van der Waals surface area contributed by atoms with Gasteiger partial charge in [0.2, 0.25) is 0 Å². The number of benzene rings is 1. The average Bonchev–Trinajstić information content (AvgIpc) is 2.53. The van der Waals surface area contributed by atoms with Gasteiger partial charge in [-0.2, -0.15) is 0 Å². The minimum absolute atomic E-state index is 0.471. The molecular weight excluding hydrogens is 264 g/mol. The van der Waals surface area contributed by atoms with E-state index in [1.807, 2.05) is 24.3 Å². The molecule has 1 aromatic carbocycles. The van der Waals surface area contributed by atoms with Crippen molar-refractivity contribution >= 4 is 5.69 Å². The van der Waals surface area contributed by atoms with Crippen LogP contribution in [0, 0.1) is 0 Å². The molecule has 1 aliphatic heterocycles. The normalized spacial score (nSPS) is 26.3. The van der Waals surface area contributed by atoms with E-state index in [0.29, 0.717) is 12.1 Å². The van der Waals surface area contributed by atoms with Crippen molar-refractivity contribution < 1.29 is 9.47 Å². The molecule has 0 bridgehead atoms. The molecule has 0 amide bonds. The number of morpholine rings is 1. The summed E-state index contributed by atoms with van der Waals surface area (Å²) in [5, 5.41) is 0. The molecular formula is C17H26N2O2. The molecule has 0 radical (unpaired) electrons. The first-order chi connectivity index (χ1) is 10.3. The van der Waals surface area contributed by atoms with Gasteiger partial charge in [0.15, 0.2) is 0 Å². The van der Waals surface area contributed by atoms with Gasteiger partial charge in [-0.3, -0.25) is 4.90 Å². The predicted molar refractivity (Wildman–Crippen MR) is 84.5 cm³/mol. The van der Waals surface area contributed by atoms with Crippen molar-refractivity contribution in [2.24, 2.45) is 0 Å². The van der Waals surface area contributed by atoms with Gasteiger partial charge in [-0.1, -0.05) is 25.0 Å². The summed E-state index contributed by atoms with van der Waals surface area (Å²) in [4.78, 5) is 2.60. The average molecular weight is 290 g/mol. The highest BCUT2D eigenvalue weighted by Crippen LogP contribution is 2.28. The largest absolute Gasteiger partial charge is 0.491 e. The molecule has 1 aromatic rings. The summed E-state index contributed by atoms with van der Waals surface area (Å²) >= 11 is 0. The Morgan fingerprint density at radius 1 is 1.24 bits per heavy atom. The second kappa shape index (κ2) is 7.14. The topological polar surface area (TPSA) is 47.7 Å². The summed E-state index contributed by atoms with van der Waals surface area (Å²) in [5.74, 6) is 0.801. The van der Waals surface area contributed by atoms with Gasteiger partial charge >= 0.3 is 0 Å². The van der Waals surface area contributed by atoms with Crippen molar-refractivity contribution in [1.82, 2.24) is 4.90 Å². The lowest BCUT2D eigenvalue weighted by Gasteiger charge is -2.43. The number of nitrogens with two attached hydrogens (primary N) is 1. The summed E-state index contributed by atoms with van der Waals surface area (Å²) in [6, 6.07) is 8.33. The minimum atomic E-state index is 0.471. The Bertz CT molecular complexity index is 450. The predicted octanol–water partition coefficient (Wildman–Crippen LogP) is 2.68. The first-order valence-corrected chi connectivity index (χ1v) is 8.17. The van der Waals surface area contributed by atoms with Crippen LogP contribution in [0.2, 0.25) is 0 Å². The van der Waals surface area contributed by atoms with Crippen LogP contribution in [0.1, 0.15) is 32.1 Å². The summed E-state index contributed by atoms with van der Waals surface area (Å²) in [6.45, 7) is 3.77. The molecule has 3 rings (SSSR count). The number of nitrogens with zero attached hydrogens (tertiary/aromatic N) is 1. The van der Waals surface area contributed by atoms with Gasteiger partial charge in [0.1, 0.15) is 5.75 Å². The van der Waals surface area contributed by atoms with Crippen LogP contribution in [0.25, 0.3) is 0 Å². The molecule has 2 fully saturated rings. The SMILES string of the molecule is Nc1ccccc1OCCCN1CCOC2CCCCC21. The summed E-state index contributed by atoms with van der Waals surface area (Å²) in [6.07, 6.45) is 6.70. The first kappa shape index (κ1) is 14.7. The molecule has 116 valence electrons. The third kappa shape index (κ3) is 3.69. The zero-order valence-electron chi connectivity index (χ0n) is 12.7. The van der Waals surface area contributed by atoms with Crippen LogP contribution in [0.3, 0.4) is 0 Å². The van der Waals surface area contributed by atoms with Crippen LogP contribution in [-0.2, 0) is 4.74 Å². The number of hydrogen-bond acceptors (Lipinski definition) is 4. The zero-order valence-corrected chi connectivity index (χ0v) is 12.7. The lowest BCUT2D eigenvalue weighted by atomic mass is 9.90. The van der Waals surface area contributed by atoms with Crippen LogP contribution >= 0.6 is 0 Å². The highest BCUT2D eigenvalue weighted by atomic mass is 16.5. The van der Waals surface area contributed by atoms with Crippen molar-refractivity contribution in [2.75, 3.05) is 32.0 Å². The van der Waals surface area contributed by atoms with E-state index in [2.05, 4.69) is 4.90 Å². The molecule has 21 heavy (non-hydrogen) atoms. The molecule has 1 aliphatic carbocycles. The van der Waals surface area contributed by atoms with Crippen molar-refractivity contribution in [3.63, 3.8) is 0 Å². The molecule has 1 saturated heterocycles. The number of nitrogen functional groups attached to an aromatic ring is 1. The van der Waals surface area contributed by atoms with Gasteiger partial charge in [0, 0.05) is 19.1 Å². The smallest absolute Gasteiger partial charge is 0.142 e. The van der Waals surface area contributed by atoms with Crippen LogP contribution in [0.5, 0.6) is 5.75 Å². The van der Waals surface area contributed by atoms with Gasteiger partial charge < -0.3 is 15.2 Å². The van der Waals surface area contributed by atoms with Crippen molar-refractivity contribution in [3.05, 3.63) is 24.3 Å². The van der Waals surface area contributed by atoms with E-state index < -0.39 is 0 Å². The fourth-order valence-corrected chi connectivity index (χ4v) is 3.52. The molecule has 4 heteroatoms. The minimum Gasteiger partial charge on any atom is -0.491 e. The standard InChI is InChI=1S/C17H26N2O2/c18-14-6-1-3-8-16(14)20-12-5-10-19-11-13-21-17-9-4-2-7-15(17)19/h1,3,6,8,15,17H,2,4-5,7,9-13,18H2. The lowest BCUT2D eigenvalue weighted by molar-refractivity contribution is -0.0887. The van der Waals surface area contributed by atoms with Gasteiger partial charge in [-0.25, -0.2) is 0 Å². The molecule has 1 saturated carbocycles. The zero-order chi connectivity index (χ0) is 14.5. The van der Waals surface area contributed by atoms with E-state index in [1.54, 1.807) is 0 Å². The Morgan fingerprint density at radius 3 is 3.00 bits per heavy atom. The molecule has 0 spiro atoms. The van der Waals surface area contributed by atoms with E-state index in [9.17, 15) is 0 Å². The van der Waals surface area contributed by atoms with Crippen molar-refractivity contribution in [1.29, 1.82) is 0 Å². The summed E-state index contributed by atoms with van der Waals surface area (Å²) in [5.41, 5.74) is 6.60. The maximum atomic E-state index is 5.91. The molecule has 2 atom stereocenters. The van der Waals surface area contributed by atoms with Gasteiger partial charge in [0.05, 0.1) is 25.0 Å². The summed E-state index contributed by atoms with van der Waals surface area (Å²) in [7, 11) is 0. The highest BCUT2D eigenvalue weighted by molar-refractivity contribution is 5.51. The van der Waals surface area contributed by atoms with Crippen LogP contribution in [-0.4, -0.2) is 43.3 Å². The van der Waals surface area contributed by atoms with E-state index in [-0.39, 0.29) is 0 Å². The molecule has 4 nitrogen and oxygen atoms in total. The van der Waals surface area contributed by atoms with Crippen LogP contribution in [0.4, 0.5) is 5.69 Å². The maximum Gasteiger partial charge on any atom is 0.142 e. The number of fused-ring (bicyclic) bond motifs is 1. The Hall–Kier alpha value is -1.26. The third-order valence-electron chi connectivity index (χ3n) is 4.61. The Kier molecular flexibility index (Phi) is 4.99. The number of rotatable bonds is 5. The van der Waals surface area contributed by atoms with Gasteiger partial charge in [-0.05, 0) is 31.4 Å². The Labute approximate surface area is 127 Å². The Balaban J connectivity index is 1.43. The van der Waals surface area contributed by atoms with E-state index >= 15 is 0 Å². The Morgan fingerprint density at radius 2 is 2.10 bits per heavy atom. The molecule has 1 heterocycles. The molecule has 2 unspecified atom stereocenters. The summed E-state index contributed by atoms with van der Waals surface area (Å²) < 4.78 is 11.7. The number of hydrogen-bond donors (Lipinski definition) is 1. The number of anilines is 1. The van der Waals surface area contributed by atoms with Crippen LogP contribution in [0.15, 0.2) is 24.3 Å². The number of ether oxygens (including phenoxy) is 2. The lowest BCUT2D eigenvalue weighted by Crippen LogP contribution is -2.52. The molecule has 2 aliphatic rings. The first-order valence-electron chi connectivity index (χ1n) is 8.17. The van der Waals surface area contributed by atoms with Crippen LogP contribution < -0.4 is 10.5 Å². The number of para-hydroxylation sites is 2. The van der Waals surface area contributed by atoms with Crippen molar-refractivity contribution in [2.45, 2.75) is 44.2 Å². The molecule has 2 N–H and O–H groups in total. The molecule has 0 aromatic heterocycles. The highest BCUT2D eigenvalue weighted by Gasteiger charge is 2.33. The second-order valence-electron chi connectivity index (χ2n) is 6.04. The fraction of sp³-hybridized carbons (Fsp3) is 0.647. The van der Waals surface area contributed by atoms with Gasteiger partial charge in [0.25, 0.3) is 0 Å².